The highest BCUT2D eigenvalue weighted by molar-refractivity contribution is 7.59. The summed E-state index contributed by atoms with van der Waals surface area (Å²) in [5.41, 5.74) is 4.41. The third-order valence-electron chi connectivity index (χ3n) is 7.24. The Balaban J connectivity index is 0.00000144. The molecule has 184 valence electrons. The van der Waals surface area contributed by atoms with E-state index in [0.717, 1.165) is 45.7 Å². The molecule has 0 atom stereocenters. The second kappa shape index (κ2) is 11.4. The molecule has 2 aliphatic rings. The normalized spacial score (nSPS) is 16.1. The quantitative estimate of drug-likeness (QED) is 0.280. The number of imidazole rings is 2. The minimum atomic E-state index is 0. The molecule has 5 nitrogen and oxygen atoms in total. The van der Waals surface area contributed by atoms with Crippen molar-refractivity contribution in [1.29, 1.82) is 0 Å². The van der Waals surface area contributed by atoms with E-state index < -0.39 is 0 Å². The molecule has 2 heterocycles. The molecule has 0 saturated heterocycles. The molecule has 2 fully saturated rings. The van der Waals surface area contributed by atoms with E-state index >= 15 is 0 Å². The van der Waals surface area contributed by atoms with Crippen LogP contribution in [0.3, 0.4) is 0 Å². The smallest absolute Gasteiger partial charge is 0.127 e. The molecule has 2 aliphatic carbocycles. The van der Waals surface area contributed by atoms with Crippen LogP contribution < -0.4 is 4.74 Å². The van der Waals surface area contributed by atoms with Gasteiger partial charge in [0.25, 0.3) is 0 Å². The number of benzene rings is 2. The lowest BCUT2D eigenvalue weighted by molar-refractivity contribution is 0.483. The van der Waals surface area contributed by atoms with Crippen LogP contribution in [-0.2, 0) is 0 Å². The summed E-state index contributed by atoms with van der Waals surface area (Å²) >= 11 is 0. The fourth-order valence-electron chi connectivity index (χ4n) is 5.32. The molecule has 6 rings (SSSR count). The van der Waals surface area contributed by atoms with Gasteiger partial charge in [0.2, 0.25) is 0 Å². The molecule has 0 bridgehead atoms. The highest BCUT2D eigenvalue weighted by Crippen LogP contribution is 2.35. The molecule has 0 radical (unpaired) electrons. The Kier molecular flexibility index (Phi) is 8.29. The molecule has 2 saturated carbocycles. The predicted octanol–water partition coefficient (Wildman–Crippen LogP) is 7.80. The van der Waals surface area contributed by atoms with Gasteiger partial charge in [0.15, 0.2) is 0 Å². The zero-order valence-electron chi connectivity index (χ0n) is 19.9. The van der Waals surface area contributed by atoms with E-state index in [9.17, 15) is 0 Å². The molecule has 4 aromatic rings. The van der Waals surface area contributed by atoms with Crippen molar-refractivity contribution in [2.75, 3.05) is 0 Å². The van der Waals surface area contributed by atoms with Gasteiger partial charge in [-0.05, 0) is 85.3 Å². The molecule has 0 amide bonds. The van der Waals surface area contributed by atoms with Crippen LogP contribution in [0.1, 0.15) is 74.9 Å². The minimum Gasteiger partial charge on any atom is -0.457 e. The van der Waals surface area contributed by atoms with E-state index in [-0.39, 0.29) is 27.0 Å². The van der Waals surface area contributed by atoms with Crippen molar-refractivity contribution in [1.82, 2.24) is 19.9 Å². The summed E-state index contributed by atoms with van der Waals surface area (Å²) in [4.78, 5) is 16.3. The first kappa shape index (κ1) is 25.5. The predicted molar refractivity (Wildman–Crippen MR) is 151 cm³/mol. The van der Waals surface area contributed by atoms with Crippen LogP contribution in [0.5, 0.6) is 11.5 Å². The zero-order valence-corrected chi connectivity index (χ0v) is 21.9. The van der Waals surface area contributed by atoms with Gasteiger partial charge in [-0.15, -0.1) is 0 Å². The van der Waals surface area contributed by atoms with Crippen LogP contribution in [0.2, 0.25) is 0 Å². The Morgan fingerprint density at radius 3 is 1.31 bits per heavy atom. The molecule has 7 heteroatoms. The summed E-state index contributed by atoms with van der Waals surface area (Å²) in [6.45, 7) is 0. The maximum absolute atomic E-state index is 6.08. The molecule has 2 N–H and O–H groups in total. The van der Waals surface area contributed by atoms with Crippen LogP contribution in [0.15, 0.2) is 60.9 Å². The fourth-order valence-corrected chi connectivity index (χ4v) is 5.32. The van der Waals surface area contributed by atoms with Crippen LogP contribution in [0, 0.1) is 0 Å². The second-order valence-electron chi connectivity index (χ2n) is 9.48. The number of ether oxygens (including phenoxy) is 1. The van der Waals surface area contributed by atoms with Crippen molar-refractivity contribution in [3.63, 3.8) is 0 Å². The van der Waals surface area contributed by atoms with Crippen molar-refractivity contribution in [3.8, 4) is 34.0 Å². The average Bonchev–Trinajstić information content (AvgIpc) is 3.66. The van der Waals surface area contributed by atoms with Crippen molar-refractivity contribution >= 4 is 27.0 Å². The topological polar surface area (TPSA) is 66.6 Å². The van der Waals surface area contributed by atoms with Gasteiger partial charge in [-0.2, -0.15) is 27.0 Å². The van der Waals surface area contributed by atoms with Crippen LogP contribution in [-0.4, -0.2) is 19.9 Å². The van der Waals surface area contributed by atoms with Gasteiger partial charge >= 0.3 is 0 Å². The molecular weight excluding hydrogens is 472 g/mol. The SMILES string of the molecule is S.S.c1cc(-c2cnc(C3CCCC3)[nH]2)ccc1Oc1ccc(-c2cnc(C3CCCC3)[nH]2)cc1. The first-order valence-corrected chi connectivity index (χ1v) is 12.3. The molecular formula is C28H34N4OS2. The Bertz CT molecular complexity index is 1110. The molecule has 0 aliphatic heterocycles. The molecule has 2 aromatic heterocycles. The standard InChI is InChI=1S/C28H30N4O.2H2S/c1-2-6-21(5-1)27-29-17-25(31-27)19-9-13-23(14-10-19)33-24-15-11-20(12-16-24)26-18-30-28(32-26)22-7-3-4-8-22;;/h9-18,21-22H,1-8H2,(H,29,31)(H,30,32);2*1H2. The van der Waals surface area contributed by atoms with Gasteiger partial charge in [0, 0.05) is 11.8 Å². The third kappa shape index (κ3) is 5.62. The van der Waals surface area contributed by atoms with Crippen LogP contribution >= 0.6 is 27.0 Å². The summed E-state index contributed by atoms with van der Waals surface area (Å²) < 4.78 is 6.08. The summed E-state index contributed by atoms with van der Waals surface area (Å²) in [6, 6.07) is 16.4. The van der Waals surface area contributed by atoms with Crippen molar-refractivity contribution < 1.29 is 4.74 Å². The fraction of sp³-hybridized carbons (Fsp3) is 0.357. The van der Waals surface area contributed by atoms with Gasteiger partial charge in [-0.25, -0.2) is 9.97 Å². The van der Waals surface area contributed by atoms with Gasteiger partial charge in [0.1, 0.15) is 23.1 Å². The summed E-state index contributed by atoms with van der Waals surface area (Å²) in [7, 11) is 0. The number of aromatic amines is 2. The lowest BCUT2D eigenvalue weighted by Crippen LogP contribution is -1.94. The van der Waals surface area contributed by atoms with E-state index in [1.807, 2.05) is 36.7 Å². The van der Waals surface area contributed by atoms with Gasteiger partial charge < -0.3 is 14.7 Å². The monoisotopic (exact) mass is 506 g/mol. The van der Waals surface area contributed by atoms with Gasteiger partial charge in [0.05, 0.1) is 23.8 Å². The number of rotatable bonds is 6. The first-order chi connectivity index (χ1) is 16.3. The maximum atomic E-state index is 6.08. The maximum Gasteiger partial charge on any atom is 0.127 e. The number of nitrogens with zero attached hydrogens (tertiary/aromatic N) is 2. The summed E-state index contributed by atoms with van der Waals surface area (Å²) in [5, 5.41) is 0. The largest absolute Gasteiger partial charge is 0.457 e. The number of H-pyrrole nitrogens is 2. The number of aromatic nitrogens is 4. The van der Waals surface area contributed by atoms with Gasteiger partial charge in [-0.3, -0.25) is 0 Å². The number of hydrogen-bond acceptors (Lipinski definition) is 3. The highest BCUT2D eigenvalue weighted by atomic mass is 32.1. The Morgan fingerprint density at radius 1 is 0.571 bits per heavy atom. The minimum absolute atomic E-state index is 0. The van der Waals surface area contributed by atoms with E-state index in [0.29, 0.717) is 11.8 Å². The highest BCUT2D eigenvalue weighted by Gasteiger charge is 2.21. The summed E-state index contributed by atoms with van der Waals surface area (Å²) in [6.07, 6.45) is 14.2. The lowest BCUT2D eigenvalue weighted by atomic mass is 10.1. The third-order valence-corrected chi connectivity index (χ3v) is 7.24. The van der Waals surface area contributed by atoms with Crippen LogP contribution in [0.4, 0.5) is 0 Å². The van der Waals surface area contributed by atoms with E-state index in [1.54, 1.807) is 0 Å². The molecule has 0 unspecified atom stereocenters. The van der Waals surface area contributed by atoms with E-state index in [4.69, 9.17) is 4.74 Å². The average molecular weight is 507 g/mol. The van der Waals surface area contributed by atoms with Crippen molar-refractivity contribution in [2.24, 2.45) is 0 Å². The number of nitrogens with one attached hydrogen (secondary N) is 2. The second-order valence-corrected chi connectivity index (χ2v) is 9.48. The Morgan fingerprint density at radius 2 is 0.943 bits per heavy atom. The Hall–Kier alpha value is -2.64. The molecule has 35 heavy (non-hydrogen) atoms. The summed E-state index contributed by atoms with van der Waals surface area (Å²) in [5.74, 6) is 5.12. The van der Waals surface area contributed by atoms with Crippen molar-refractivity contribution in [3.05, 3.63) is 72.6 Å². The molecule has 2 aromatic carbocycles. The van der Waals surface area contributed by atoms with Crippen LogP contribution in [0.25, 0.3) is 22.5 Å². The van der Waals surface area contributed by atoms with Gasteiger partial charge in [-0.1, -0.05) is 25.7 Å². The van der Waals surface area contributed by atoms with Crippen molar-refractivity contribution in [2.45, 2.75) is 63.2 Å². The zero-order chi connectivity index (χ0) is 22.0. The Labute approximate surface area is 221 Å². The van der Waals surface area contributed by atoms with E-state index in [2.05, 4.69) is 44.2 Å². The molecule has 0 spiro atoms. The number of hydrogen-bond donors (Lipinski definition) is 2. The van der Waals surface area contributed by atoms with E-state index in [1.165, 1.54) is 51.4 Å². The lowest BCUT2D eigenvalue weighted by Gasteiger charge is -2.08. The first-order valence-electron chi connectivity index (χ1n) is 12.3.